The molecule has 0 spiro atoms. The maximum atomic E-state index is 13.3. The first-order valence-corrected chi connectivity index (χ1v) is 41.2. The van der Waals surface area contributed by atoms with Gasteiger partial charge >= 0.3 is 0 Å². The molecule has 1 aliphatic heterocycles. The number of rotatable bonds is 74. The molecule has 1 aliphatic rings. The predicted molar refractivity (Wildman–Crippen MR) is 395 cm³/mol. The number of aliphatic hydroxyl groups excluding tert-OH is 7. The minimum absolute atomic E-state index is 0.250. The van der Waals surface area contributed by atoms with Crippen LogP contribution in [0.15, 0.2) is 24.3 Å². The van der Waals surface area contributed by atoms with Gasteiger partial charge in [-0.05, 0) is 51.4 Å². The number of hydrogen-bond donors (Lipinski definition) is 8. The highest BCUT2D eigenvalue weighted by atomic mass is 16.7. The van der Waals surface area contributed by atoms with Gasteiger partial charge in [0.25, 0.3) is 0 Å². The van der Waals surface area contributed by atoms with Crippen molar-refractivity contribution in [2.75, 3.05) is 13.2 Å². The lowest BCUT2D eigenvalue weighted by Gasteiger charge is -2.40. The van der Waals surface area contributed by atoms with Gasteiger partial charge in [0.05, 0.1) is 25.4 Å². The number of hydrogen-bond acceptors (Lipinski definition) is 10. The van der Waals surface area contributed by atoms with Gasteiger partial charge in [-0.25, -0.2) is 0 Å². The molecule has 0 radical (unpaired) electrons. The van der Waals surface area contributed by atoms with Gasteiger partial charge in [0, 0.05) is 0 Å². The van der Waals surface area contributed by atoms with E-state index in [0.29, 0.717) is 19.3 Å². The van der Waals surface area contributed by atoms with Crippen LogP contribution < -0.4 is 5.32 Å². The summed E-state index contributed by atoms with van der Waals surface area (Å²) in [6.45, 7) is 3.52. The predicted octanol–water partition coefficient (Wildman–Crippen LogP) is 21.5. The molecule has 9 atom stereocenters. The quantitative estimate of drug-likeness (QED) is 0.0215. The molecule has 8 N–H and O–H groups in total. The Morgan fingerprint density at radius 1 is 0.366 bits per heavy atom. The van der Waals surface area contributed by atoms with Crippen LogP contribution in [0.4, 0.5) is 0 Å². The topological polar surface area (TPSA) is 189 Å². The maximum absolute atomic E-state index is 13.3. The molecular weight excluding hydrogens is 1160 g/mol. The van der Waals surface area contributed by atoms with Crippen LogP contribution in [0.1, 0.15) is 425 Å². The van der Waals surface area contributed by atoms with Gasteiger partial charge in [0.1, 0.15) is 36.6 Å². The van der Waals surface area contributed by atoms with Crippen LogP contribution in [0.2, 0.25) is 0 Å². The lowest BCUT2D eigenvalue weighted by Crippen LogP contribution is -2.60. The van der Waals surface area contributed by atoms with Crippen molar-refractivity contribution in [2.45, 2.75) is 480 Å². The first-order valence-electron chi connectivity index (χ1n) is 41.2. The van der Waals surface area contributed by atoms with Gasteiger partial charge < -0.3 is 50.5 Å². The van der Waals surface area contributed by atoms with Gasteiger partial charge in [0.2, 0.25) is 5.91 Å². The summed E-state index contributed by atoms with van der Waals surface area (Å²) >= 11 is 0. The molecular formula is C82H159NO10. The number of allylic oxidation sites excluding steroid dienone is 4. The summed E-state index contributed by atoms with van der Waals surface area (Å²) in [5.74, 6) is -0.701. The summed E-state index contributed by atoms with van der Waals surface area (Å²) in [5, 5.41) is 76.7. The number of amides is 1. The Morgan fingerprint density at radius 2 is 0.645 bits per heavy atom. The molecule has 1 amide bonds. The largest absolute Gasteiger partial charge is 0.394 e. The number of ether oxygens (including phenoxy) is 2. The Morgan fingerprint density at radius 3 is 0.957 bits per heavy atom. The summed E-state index contributed by atoms with van der Waals surface area (Å²) in [4.78, 5) is 13.3. The third-order valence-corrected chi connectivity index (χ3v) is 20.2. The van der Waals surface area contributed by atoms with Gasteiger partial charge in [-0.1, -0.05) is 398 Å². The van der Waals surface area contributed by atoms with Crippen LogP contribution in [0.25, 0.3) is 0 Å². The molecule has 1 heterocycles. The summed E-state index contributed by atoms with van der Waals surface area (Å²) in [7, 11) is 0. The fraction of sp³-hybridized carbons (Fsp3) is 0.939. The van der Waals surface area contributed by atoms with Crippen molar-refractivity contribution in [3.05, 3.63) is 24.3 Å². The minimum atomic E-state index is -1.67. The van der Waals surface area contributed by atoms with E-state index in [1.54, 1.807) is 0 Å². The van der Waals surface area contributed by atoms with E-state index in [0.717, 1.165) is 38.5 Å². The zero-order valence-corrected chi connectivity index (χ0v) is 61.5. The lowest BCUT2D eigenvalue weighted by atomic mass is 9.98. The van der Waals surface area contributed by atoms with Gasteiger partial charge in [-0.3, -0.25) is 4.79 Å². The van der Waals surface area contributed by atoms with E-state index in [1.165, 1.54) is 340 Å². The SMILES string of the molecule is CCCCCCCCCCCCCCCCCCCCCCC/C=C/CC/C=C/CCCC(O)C(O)C(COC1OC(CO)C(O)C(O)C1O)NC(=O)C(O)CCCCCCCCCCCCCCCCCCCCCCCCCCCCCCCCCCCCCC. The average Bonchev–Trinajstić information content (AvgIpc) is 1.04. The Kier molecular flexibility index (Phi) is 67.9. The normalized spacial score (nSPS) is 18.3. The Balaban J connectivity index is 2.13. The van der Waals surface area contributed by atoms with Crippen molar-refractivity contribution >= 4 is 5.91 Å². The van der Waals surface area contributed by atoms with Crippen molar-refractivity contribution in [2.24, 2.45) is 0 Å². The number of aliphatic hydroxyl groups is 7. The third-order valence-electron chi connectivity index (χ3n) is 20.2. The van der Waals surface area contributed by atoms with Crippen molar-refractivity contribution in [3.8, 4) is 0 Å². The van der Waals surface area contributed by atoms with Crippen molar-refractivity contribution < 1.29 is 50.0 Å². The molecule has 1 fully saturated rings. The fourth-order valence-electron chi connectivity index (χ4n) is 13.7. The van der Waals surface area contributed by atoms with E-state index in [9.17, 15) is 40.5 Å². The van der Waals surface area contributed by atoms with Crippen LogP contribution in [0, 0.1) is 0 Å². The Hall–Kier alpha value is -1.41. The van der Waals surface area contributed by atoms with Crippen molar-refractivity contribution in [1.82, 2.24) is 5.32 Å². The van der Waals surface area contributed by atoms with E-state index in [1.807, 2.05) is 0 Å². The minimum Gasteiger partial charge on any atom is -0.394 e. The second-order valence-corrected chi connectivity index (χ2v) is 29.2. The summed E-state index contributed by atoms with van der Waals surface area (Å²) in [5.41, 5.74) is 0. The number of carbonyl (C=O) groups is 1. The zero-order chi connectivity index (χ0) is 67.4. The molecule has 1 saturated heterocycles. The number of unbranched alkanes of at least 4 members (excludes halogenated alkanes) is 58. The van der Waals surface area contributed by atoms with Crippen LogP contribution in [0.5, 0.6) is 0 Å². The molecule has 0 bridgehead atoms. The first-order chi connectivity index (χ1) is 45.7. The highest BCUT2D eigenvalue weighted by Gasteiger charge is 2.44. The average molecular weight is 1320 g/mol. The third kappa shape index (κ3) is 57.1. The maximum Gasteiger partial charge on any atom is 0.249 e. The van der Waals surface area contributed by atoms with E-state index in [4.69, 9.17) is 9.47 Å². The van der Waals surface area contributed by atoms with E-state index in [2.05, 4.69) is 43.5 Å². The smallest absolute Gasteiger partial charge is 0.249 e. The summed E-state index contributed by atoms with van der Waals surface area (Å²) < 4.78 is 11.2. The molecule has 0 aromatic carbocycles. The van der Waals surface area contributed by atoms with Gasteiger partial charge in [-0.15, -0.1) is 0 Å². The standard InChI is InChI=1S/C82H159NO10/c1-3-5-7-9-11-13-15-17-19-21-23-25-27-29-31-33-35-36-37-38-39-40-42-44-46-48-50-52-54-56-58-60-62-64-66-68-70-75(86)81(91)83-73(72-92-82-80(90)79(89)78(88)76(71-84)93-82)77(87)74(85)69-67-65-63-61-59-57-55-53-51-49-47-45-43-41-34-32-30-28-26-24-22-20-18-16-14-12-10-8-6-4-2/h53,55,61,63,73-80,82,84-90H,3-52,54,56-60,62,64-72H2,1-2H3,(H,83,91)/b55-53+,63-61+. The fourth-order valence-corrected chi connectivity index (χ4v) is 13.7. The molecule has 11 nitrogen and oxygen atoms in total. The first kappa shape index (κ1) is 89.6. The van der Waals surface area contributed by atoms with Gasteiger partial charge in [0.15, 0.2) is 6.29 Å². The van der Waals surface area contributed by atoms with Crippen molar-refractivity contribution in [3.63, 3.8) is 0 Å². The highest BCUT2D eigenvalue weighted by Crippen LogP contribution is 2.25. The molecule has 0 aliphatic carbocycles. The van der Waals surface area contributed by atoms with Crippen LogP contribution in [0.3, 0.4) is 0 Å². The summed E-state index contributed by atoms with van der Waals surface area (Å²) in [6.07, 6.45) is 80.3. The molecule has 1 rings (SSSR count). The van der Waals surface area contributed by atoms with Crippen LogP contribution >= 0.6 is 0 Å². The van der Waals surface area contributed by atoms with Gasteiger partial charge in [-0.2, -0.15) is 0 Å². The Labute approximate surface area is 575 Å². The van der Waals surface area contributed by atoms with E-state index >= 15 is 0 Å². The van der Waals surface area contributed by atoms with Crippen LogP contribution in [-0.2, 0) is 14.3 Å². The summed E-state index contributed by atoms with van der Waals surface area (Å²) in [6, 6.07) is -1.19. The number of carbonyl (C=O) groups excluding carboxylic acids is 1. The lowest BCUT2D eigenvalue weighted by molar-refractivity contribution is -0.303. The molecule has 93 heavy (non-hydrogen) atoms. The van der Waals surface area contributed by atoms with E-state index in [-0.39, 0.29) is 12.8 Å². The monoisotopic (exact) mass is 1320 g/mol. The highest BCUT2D eigenvalue weighted by molar-refractivity contribution is 5.80. The molecule has 0 aromatic rings. The number of nitrogens with one attached hydrogen (secondary N) is 1. The van der Waals surface area contributed by atoms with Crippen molar-refractivity contribution in [1.29, 1.82) is 0 Å². The molecule has 0 aromatic heterocycles. The molecule has 9 unspecified atom stereocenters. The Bertz CT molecular complexity index is 1560. The molecule has 11 heteroatoms. The zero-order valence-electron chi connectivity index (χ0n) is 61.5. The second-order valence-electron chi connectivity index (χ2n) is 29.2. The second kappa shape index (κ2) is 70.5. The van der Waals surface area contributed by atoms with E-state index < -0.39 is 74.2 Å². The van der Waals surface area contributed by atoms with Crippen LogP contribution in [-0.4, -0.2) is 110 Å². The molecule has 552 valence electrons. The molecule has 0 saturated carbocycles.